The summed E-state index contributed by atoms with van der Waals surface area (Å²) < 4.78 is 2.03. The molecule has 0 amide bonds. The molecule has 3 nitrogen and oxygen atoms in total. The van der Waals surface area contributed by atoms with Crippen LogP contribution < -0.4 is 0 Å². The lowest BCUT2D eigenvalue weighted by atomic mass is 10.0. The van der Waals surface area contributed by atoms with Gasteiger partial charge >= 0.3 is 5.97 Å². The molecule has 0 aliphatic rings. The quantitative estimate of drug-likeness (QED) is 0.556. The summed E-state index contributed by atoms with van der Waals surface area (Å²) in [6.45, 7) is 0. The maximum Gasteiger partial charge on any atom is 0.307 e. The molecule has 2 aromatic carbocycles. The van der Waals surface area contributed by atoms with Crippen LogP contribution in [-0.4, -0.2) is 16.1 Å². The molecule has 2 N–H and O–H groups in total. The molecule has 0 bridgehead atoms. The lowest BCUT2D eigenvalue weighted by Crippen LogP contribution is -2.01. The zero-order valence-corrected chi connectivity index (χ0v) is 14.6. The predicted octanol–water partition coefficient (Wildman–Crippen LogP) is 4.83. The van der Waals surface area contributed by atoms with Crippen molar-refractivity contribution in [3.63, 3.8) is 0 Å². The number of rotatable bonds is 3. The predicted molar refractivity (Wildman–Crippen MR) is 95.5 cm³/mol. The van der Waals surface area contributed by atoms with E-state index in [1.54, 1.807) is 0 Å². The highest BCUT2D eigenvalue weighted by Crippen LogP contribution is 2.35. The van der Waals surface area contributed by atoms with Gasteiger partial charge in [0.15, 0.2) is 0 Å². The number of carboxylic acids is 1. The molecule has 0 fully saturated rings. The summed E-state index contributed by atoms with van der Waals surface area (Å²) in [7, 11) is 0. The summed E-state index contributed by atoms with van der Waals surface area (Å²) in [6.07, 6.45) is -0.00321. The Bertz CT molecular complexity index is 841. The third kappa shape index (κ3) is 2.85. The van der Waals surface area contributed by atoms with E-state index in [0.29, 0.717) is 0 Å². The minimum absolute atomic E-state index is 0.00321. The van der Waals surface area contributed by atoms with Crippen molar-refractivity contribution in [1.29, 1.82) is 0 Å². The number of halogens is 2. The molecule has 0 aliphatic heterocycles. The number of hydrogen-bond acceptors (Lipinski definition) is 1. The normalized spacial score (nSPS) is 11.0. The van der Waals surface area contributed by atoms with Crippen molar-refractivity contribution >= 4 is 55.4 Å². The zero-order chi connectivity index (χ0) is 15.0. The number of aromatic amines is 1. The number of benzene rings is 2. The Labute approximate surface area is 143 Å². The molecule has 0 unspecified atom stereocenters. The second-order valence-corrected chi connectivity index (χ2v) is 6.82. The van der Waals surface area contributed by atoms with Crippen LogP contribution in [0.15, 0.2) is 46.9 Å². The molecule has 3 aromatic rings. The fourth-order valence-corrected chi connectivity index (χ4v) is 3.42. The highest BCUT2D eigenvalue weighted by atomic mass is 127. The molecule has 0 saturated carbocycles. The van der Waals surface area contributed by atoms with E-state index < -0.39 is 5.97 Å². The van der Waals surface area contributed by atoms with E-state index in [-0.39, 0.29) is 6.42 Å². The van der Waals surface area contributed by atoms with Gasteiger partial charge in [-0.05, 0) is 52.4 Å². The molecular formula is C16H11BrINO2. The maximum absolute atomic E-state index is 11.2. The lowest BCUT2D eigenvalue weighted by molar-refractivity contribution is -0.136. The number of aliphatic carboxylic acids is 1. The van der Waals surface area contributed by atoms with Gasteiger partial charge in [0.2, 0.25) is 0 Å². The van der Waals surface area contributed by atoms with Gasteiger partial charge in [0, 0.05) is 24.5 Å². The van der Waals surface area contributed by atoms with Crippen molar-refractivity contribution in [2.24, 2.45) is 0 Å². The van der Waals surface area contributed by atoms with Gasteiger partial charge in [-0.1, -0.05) is 34.1 Å². The van der Waals surface area contributed by atoms with E-state index in [1.807, 2.05) is 42.5 Å². The number of carboxylic acid groups (broad SMARTS) is 1. The molecule has 106 valence electrons. The minimum Gasteiger partial charge on any atom is -0.481 e. The van der Waals surface area contributed by atoms with E-state index >= 15 is 0 Å². The van der Waals surface area contributed by atoms with Gasteiger partial charge in [-0.15, -0.1) is 0 Å². The third-order valence-electron chi connectivity index (χ3n) is 3.34. The van der Waals surface area contributed by atoms with Gasteiger partial charge in [-0.25, -0.2) is 0 Å². The van der Waals surface area contributed by atoms with E-state index in [9.17, 15) is 9.90 Å². The number of fused-ring (bicyclic) bond motifs is 1. The average Bonchev–Trinajstić information content (AvgIpc) is 2.77. The van der Waals surface area contributed by atoms with Gasteiger partial charge in [0.1, 0.15) is 0 Å². The van der Waals surface area contributed by atoms with E-state index in [4.69, 9.17) is 0 Å². The first-order chi connectivity index (χ1) is 10.1. The van der Waals surface area contributed by atoms with Crippen LogP contribution in [0, 0.1) is 3.57 Å². The summed E-state index contributed by atoms with van der Waals surface area (Å²) in [5, 5.41) is 10.2. The van der Waals surface area contributed by atoms with Gasteiger partial charge in [-0.2, -0.15) is 0 Å². The van der Waals surface area contributed by atoms with Crippen molar-refractivity contribution in [2.75, 3.05) is 0 Å². The van der Waals surface area contributed by atoms with Gasteiger partial charge in [-0.3, -0.25) is 4.79 Å². The van der Waals surface area contributed by atoms with Gasteiger partial charge in [0.05, 0.1) is 12.1 Å². The third-order valence-corrected chi connectivity index (χ3v) is 4.70. The van der Waals surface area contributed by atoms with Crippen LogP contribution in [0.5, 0.6) is 0 Å². The monoisotopic (exact) mass is 455 g/mol. The van der Waals surface area contributed by atoms with Crippen LogP contribution in [0.3, 0.4) is 0 Å². The molecular weight excluding hydrogens is 445 g/mol. The molecule has 0 atom stereocenters. The topological polar surface area (TPSA) is 53.1 Å². The maximum atomic E-state index is 11.2. The highest BCUT2D eigenvalue weighted by molar-refractivity contribution is 14.1. The molecule has 1 heterocycles. The highest BCUT2D eigenvalue weighted by Gasteiger charge is 2.17. The van der Waals surface area contributed by atoms with E-state index in [0.717, 1.165) is 35.8 Å². The summed E-state index contributed by atoms with van der Waals surface area (Å²) >= 11 is 5.77. The first-order valence-electron chi connectivity index (χ1n) is 6.33. The van der Waals surface area contributed by atoms with Crippen molar-refractivity contribution in [3.8, 4) is 11.3 Å². The van der Waals surface area contributed by atoms with Crippen LogP contribution >= 0.6 is 38.5 Å². The van der Waals surface area contributed by atoms with Crippen LogP contribution in [-0.2, 0) is 11.2 Å². The number of hydrogen-bond donors (Lipinski definition) is 2. The van der Waals surface area contributed by atoms with E-state index in [2.05, 4.69) is 43.5 Å². The van der Waals surface area contributed by atoms with Crippen LogP contribution in [0.4, 0.5) is 0 Å². The first kappa shape index (κ1) is 14.6. The Morgan fingerprint density at radius 3 is 2.71 bits per heavy atom. The number of aromatic nitrogens is 1. The summed E-state index contributed by atoms with van der Waals surface area (Å²) in [4.78, 5) is 14.6. The largest absolute Gasteiger partial charge is 0.481 e. The molecule has 0 radical (unpaired) electrons. The standard InChI is InChI=1S/C16H11BrINO2/c17-13-4-2-1-3-10(13)16-12(8-15(20)21)11-7-9(18)5-6-14(11)19-16/h1-7,19H,8H2,(H,20,21). The number of carbonyl (C=O) groups is 1. The zero-order valence-electron chi connectivity index (χ0n) is 10.9. The first-order valence-corrected chi connectivity index (χ1v) is 8.20. The molecule has 0 aliphatic carbocycles. The van der Waals surface area contributed by atoms with Crippen LogP contribution in [0.2, 0.25) is 0 Å². The molecule has 0 saturated heterocycles. The molecule has 0 spiro atoms. The summed E-state index contributed by atoms with van der Waals surface area (Å²) in [5.41, 5.74) is 3.61. The Balaban J connectivity index is 2.31. The average molecular weight is 456 g/mol. The van der Waals surface area contributed by atoms with Gasteiger partial charge < -0.3 is 10.1 Å². The molecule has 5 heteroatoms. The summed E-state index contributed by atoms with van der Waals surface area (Å²) in [5.74, 6) is -0.830. The van der Waals surface area contributed by atoms with Crippen molar-refractivity contribution < 1.29 is 9.90 Å². The van der Waals surface area contributed by atoms with Crippen molar-refractivity contribution in [2.45, 2.75) is 6.42 Å². The lowest BCUT2D eigenvalue weighted by Gasteiger charge is -2.05. The molecule has 21 heavy (non-hydrogen) atoms. The Kier molecular flexibility index (Phi) is 4.03. The Hall–Kier alpha value is -1.34. The van der Waals surface area contributed by atoms with E-state index in [1.165, 1.54) is 0 Å². The van der Waals surface area contributed by atoms with Crippen molar-refractivity contribution in [1.82, 2.24) is 4.98 Å². The molecule has 3 rings (SSSR count). The van der Waals surface area contributed by atoms with Crippen LogP contribution in [0.1, 0.15) is 5.56 Å². The Morgan fingerprint density at radius 1 is 1.24 bits per heavy atom. The second-order valence-electron chi connectivity index (χ2n) is 4.72. The Morgan fingerprint density at radius 2 is 2.00 bits per heavy atom. The SMILES string of the molecule is O=C(O)Cc1c(-c2ccccc2Br)[nH]c2ccc(I)cc12. The van der Waals surface area contributed by atoms with Crippen LogP contribution in [0.25, 0.3) is 22.2 Å². The van der Waals surface area contributed by atoms with Gasteiger partial charge in [0.25, 0.3) is 0 Å². The second kappa shape index (κ2) is 5.81. The minimum atomic E-state index is -0.830. The smallest absolute Gasteiger partial charge is 0.307 e. The van der Waals surface area contributed by atoms with Crippen molar-refractivity contribution in [3.05, 3.63) is 56.1 Å². The number of nitrogens with one attached hydrogen (secondary N) is 1. The fraction of sp³-hybridized carbons (Fsp3) is 0.0625. The number of H-pyrrole nitrogens is 1. The summed E-state index contributed by atoms with van der Waals surface area (Å²) in [6, 6.07) is 13.8. The fourth-order valence-electron chi connectivity index (χ4n) is 2.45. The molecule has 1 aromatic heterocycles.